The molecule has 0 aliphatic heterocycles. The van der Waals surface area contributed by atoms with Gasteiger partial charge in [-0.1, -0.05) is 24.3 Å². The fraction of sp³-hybridized carbons (Fsp3) is 0.333. The lowest BCUT2D eigenvalue weighted by Gasteiger charge is -2.04. The maximum absolute atomic E-state index is 5.78. The van der Waals surface area contributed by atoms with E-state index in [4.69, 9.17) is 22.2 Å². The summed E-state index contributed by atoms with van der Waals surface area (Å²) in [5.74, 6) is 0. The molecule has 0 nitrogen and oxygen atoms in total. The predicted molar refractivity (Wildman–Crippen MR) is 58.5 cm³/mol. The second kappa shape index (κ2) is 4.90. The first-order valence-corrected chi connectivity index (χ1v) is 8.33. The summed E-state index contributed by atoms with van der Waals surface area (Å²) in [6.07, 6.45) is 1.02. The third-order valence-electron chi connectivity index (χ3n) is 1.89. The van der Waals surface area contributed by atoms with Gasteiger partial charge in [-0.25, -0.2) is 0 Å². The average Bonchev–Trinajstić information content (AvgIpc) is 2.03. The Morgan fingerprint density at radius 1 is 1.25 bits per heavy atom. The third kappa shape index (κ3) is 3.17. The van der Waals surface area contributed by atoms with Crippen molar-refractivity contribution in [1.82, 2.24) is 0 Å². The van der Waals surface area contributed by atoms with Gasteiger partial charge in [-0.05, 0) is 30.5 Å². The zero-order valence-corrected chi connectivity index (χ0v) is 9.72. The van der Waals surface area contributed by atoms with Gasteiger partial charge in [0.1, 0.15) is 0 Å². The van der Waals surface area contributed by atoms with Crippen molar-refractivity contribution in [3.8, 4) is 0 Å². The number of hydrogen-bond donors (Lipinski definition) is 0. The Hall–Kier alpha value is 0.0169. The van der Waals surface area contributed by atoms with Crippen molar-refractivity contribution < 1.29 is 0 Å². The van der Waals surface area contributed by atoms with Crippen molar-refractivity contribution in [3.05, 3.63) is 35.4 Å². The Morgan fingerprint density at radius 3 is 2.50 bits per heavy atom. The van der Waals surface area contributed by atoms with Crippen LogP contribution in [0.1, 0.15) is 11.1 Å². The number of hydrogen-bond acceptors (Lipinski definition) is 0. The van der Waals surface area contributed by atoms with Crippen LogP contribution >= 0.6 is 22.2 Å². The summed E-state index contributed by atoms with van der Waals surface area (Å²) in [4.78, 5) is 0. The molecular formula is C9H12Cl2Si. The van der Waals surface area contributed by atoms with Crippen molar-refractivity contribution in [3.63, 3.8) is 0 Å². The van der Waals surface area contributed by atoms with Gasteiger partial charge in [0.25, 0.3) is 0 Å². The van der Waals surface area contributed by atoms with E-state index in [1.807, 2.05) is 0 Å². The van der Waals surface area contributed by atoms with Crippen LogP contribution in [0.3, 0.4) is 0 Å². The fourth-order valence-corrected chi connectivity index (χ4v) is 2.34. The van der Waals surface area contributed by atoms with Gasteiger partial charge < -0.3 is 0 Å². The summed E-state index contributed by atoms with van der Waals surface area (Å²) in [6, 6.07) is 9.33. The second-order valence-corrected chi connectivity index (χ2v) is 8.05. The van der Waals surface area contributed by atoms with Gasteiger partial charge in [0.05, 0.1) is 0 Å². The van der Waals surface area contributed by atoms with Gasteiger partial charge in [0.2, 0.25) is 7.42 Å². The minimum Gasteiger partial charge on any atom is -0.150 e. The molecule has 12 heavy (non-hydrogen) atoms. The third-order valence-corrected chi connectivity index (χ3v) is 3.93. The van der Waals surface area contributed by atoms with Crippen LogP contribution in [0.25, 0.3) is 0 Å². The zero-order chi connectivity index (χ0) is 8.97. The van der Waals surface area contributed by atoms with E-state index in [0.29, 0.717) is 0 Å². The van der Waals surface area contributed by atoms with Gasteiger partial charge in [-0.2, -0.15) is 22.2 Å². The molecule has 0 radical (unpaired) electrons. The quantitative estimate of drug-likeness (QED) is 0.540. The van der Waals surface area contributed by atoms with Crippen LogP contribution in [-0.2, 0) is 6.42 Å². The van der Waals surface area contributed by atoms with Crippen LogP contribution in [0.15, 0.2) is 24.3 Å². The largest absolute Gasteiger partial charge is 0.237 e. The van der Waals surface area contributed by atoms with Crippen molar-refractivity contribution in [2.45, 2.75) is 19.4 Å². The number of benzene rings is 1. The lowest BCUT2D eigenvalue weighted by Crippen LogP contribution is -1.96. The van der Waals surface area contributed by atoms with Crippen molar-refractivity contribution in [2.75, 3.05) is 0 Å². The summed E-state index contributed by atoms with van der Waals surface area (Å²) in [7, 11) is -1.42. The van der Waals surface area contributed by atoms with Crippen LogP contribution in [0.5, 0.6) is 0 Å². The van der Waals surface area contributed by atoms with E-state index in [-0.39, 0.29) is 0 Å². The molecule has 0 aromatic heterocycles. The fourth-order valence-electron chi connectivity index (χ4n) is 1.16. The first kappa shape index (κ1) is 10.1. The van der Waals surface area contributed by atoms with Crippen molar-refractivity contribution in [2.24, 2.45) is 0 Å². The van der Waals surface area contributed by atoms with Gasteiger partial charge in [-0.3, -0.25) is 0 Å². The van der Waals surface area contributed by atoms with E-state index in [1.165, 1.54) is 11.1 Å². The van der Waals surface area contributed by atoms with Gasteiger partial charge >= 0.3 is 0 Å². The zero-order valence-electron chi connectivity index (χ0n) is 7.06. The van der Waals surface area contributed by atoms with Crippen LogP contribution in [-0.4, -0.2) is 7.42 Å². The first-order valence-electron chi connectivity index (χ1n) is 4.03. The number of halogens is 2. The number of rotatable bonds is 3. The molecule has 66 valence electrons. The highest BCUT2D eigenvalue weighted by Gasteiger charge is 2.03. The number of aryl methyl sites for hydroxylation is 2. The molecule has 0 N–H and O–H groups in total. The van der Waals surface area contributed by atoms with Gasteiger partial charge in [0.15, 0.2) is 0 Å². The topological polar surface area (TPSA) is 0 Å². The lowest BCUT2D eigenvalue weighted by molar-refractivity contribution is 1.10. The molecule has 1 rings (SSSR count). The Bertz CT molecular complexity index is 248. The molecule has 0 aliphatic rings. The van der Waals surface area contributed by atoms with Crippen LogP contribution in [0, 0.1) is 6.92 Å². The van der Waals surface area contributed by atoms with Crippen LogP contribution < -0.4 is 0 Å². The van der Waals surface area contributed by atoms with Gasteiger partial charge in [0, 0.05) is 0 Å². The molecule has 0 saturated heterocycles. The van der Waals surface area contributed by atoms with E-state index in [9.17, 15) is 0 Å². The summed E-state index contributed by atoms with van der Waals surface area (Å²) >= 11 is 11.6. The maximum atomic E-state index is 5.78. The molecule has 1 aromatic carbocycles. The summed E-state index contributed by atoms with van der Waals surface area (Å²) in [6.45, 7) is 2.12. The van der Waals surface area contributed by atoms with E-state index in [1.54, 1.807) is 0 Å². The summed E-state index contributed by atoms with van der Waals surface area (Å²) < 4.78 is 0. The minimum atomic E-state index is -1.42. The summed E-state index contributed by atoms with van der Waals surface area (Å²) in [5, 5.41) is 0. The van der Waals surface area contributed by atoms with E-state index < -0.39 is 7.42 Å². The SMILES string of the molecule is Cc1ccccc1CC[SiH](Cl)Cl. The molecule has 0 unspecified atom stereocenters. The lowest BCUT2D eigenvalue weighted by atomic mass is 10.1. The Morgan fingerprint density at radius 2 is 1.92 bits per heavy atom. The Kier molecular flexibility index (Phi) is 4.13. The van der Waals surface area contributed by atoms with E-state index in [0.717, 1.165) is 12.5 Å². The molecule has 0 spiro atoms. The Balaban J connectivity index is 2.57. The highest BCUT2D eigenvalue weighted by Crippen LogP contribution is 2.13. The smallest absolute Gasteiger partial charge is 0.150 e. The Labute approximate surface area is 84.5 Å². The molecule has 3 heteroatoms. The average molecular weight is 219 g/mol. The van der Waals surface area contributed by atoms with Crippen LogP contribution in [0.2, 0.25) is 6.04 Å². The monoisotopic (exact) mass is 218 g/mol. The van der Waals surface area contributed by atoms with E-state index in [2.05, 4.69) is 31.2 Å². The predicted octanol–water partition coefficient (Wildman–Crippen LogP) is 3.24. The molecule has 0 aliphatic carbocycles. The first-order chi connectivity index (χ1) is 5.70. The van der Waals surface area contributed by atoms with Crippen molar-refractivity contribution in [1.29, 1.82) is 0 Å². The molecular weight excluding hydrogens is 207 g/mol. The molecule has 0 bridgehead atoms. The standard InChI is InChI=1S/C9H12Cl2Si/c1-8-4-2-3-5-9(8)6-7-12(10)11/h2-5,12H,6-7H2,1H3. The normalized spacial score (nSPS) is 10.7. The molecule has 0 saturated carbocycles. The summed E-state index contributed by atoms with van der Waals surface area (Å²) in [5.41, 5.74) is 2.71. The molecule has 0 fully saturated rings. The molecule has 0 heterocycles. The molecule has 0 atom stereocenters. The van der Waals surface area contributed by atoms with Crippen molar-refractivity contribution >= 4 is 29.6 Å². The highest BCUT2D eigenvalue weighted by atomic mass is 35.7. The molecule has 1 aromatic rings. The highest BCUT2D eigenvalue weighted by molar-refractivity contribution is 7.33. The van der Waals surface area contributed by atoms with Gasteiger partial charge in [-0.15, -0.1) is 0 Å². The minimum absolute atomic E-state index is 0.966. The second-order valence-electron chi connectivity index (χ2n) is 2.86. The van der Waals surface area contributed by atoms with Crippen LogP contribution in [0.4, 0.5) is 0 Å². The molecule has 0 amide bonds. The van der Waals surface area contributed by atoms with E-state index >= 15 is 0 Å². The maximum Gasteiger partial charge on any atom is 0.237 e.